The van der Waals surface area contributed by atoms with E-state index in [0.29, 0.717) is 31.8 Å². The van der Waals surface area contributed by atoms with Gasteiger partial charge < -0.3 is 19.5 Å². The van der Waals surface area contributed by atoms with E-state index < -0.39 is 17.8 Å². The summed E-state index contributed by atoms with van der Waals surface area (Å²) >= 11 is 0. The molecule has 32 heavy (non-hydrogen) atoms. The number of hydrogen-bond donors (Lipinski definition) is 1. The van der Waals surface area contributed by atoms with Crippen LogP contribution in [-0.4, -0.2) is 66.4 Å². The van der Waals surface area contributed by atoms with Crippen molar-refractivity contribution in [1.82, 2.24) is 14.9 Å². The van der Waals surface area contributed by atoms with E-state index in [1.165, 1.54) is 32.2 Å². The number of carbonyl (C=O) groups excluding carboxylic acids is 1. The number of carboxylic acid groups (broad SMARTS) is 1. The number of likely N-dealkylation sites (tertiary alicyclic amines) is 1. The summed E-state index contributed by atoms with van der Waals surface area (Å²) in [6.45, 7) is 0.772. The Labute approximate surface area is 185 Å². The van der Waals surface area contributed by atoms with Crippen molar-refractivity contribution in [3.63, 3.8) is 0 Å². The number of hydroxylamine groups is 2. The van der Waals surface area contributed by atoms with Crippen molar-refractivity contribution < 1.29 is 33.4 Å². The van der Waals surface area contributed by atoms with E-state index in [4.69, 9.17) is 19.4 Å². The van der Waals surface area contributed by atoms with E-state index in [9.17, 15) is 14.0 Å². The van der Waals surface area contributed by atoms with Crippen LogP contribution in [0, 0.1) is 5.82 Å². The second-order valence-corrected chi connectivity index (χ2v) is 7.36. The first kappa shape index (κ1) is 23.3. The molecule has 0 spiro atoms. The van der Waals surface area contributed by atoms with Gasteiger partial charge in [0, 0.05) is 43.4 Å². The first-order valence-electron chi connectivity index (χ1n) is 10.1. The third kappa shape index (κ3) is 5.25. The Bertz CT molecular complexity index is 978. The van der Waals surface area contributed by atoms with E-state index in [1.807, 2.05) is 6.07 Å². The largest absolute Gasteiger partial charge is 0.496 e. The fraction of sp³-hybridized carbons (Fsp3) is 0.409. The minimum Gasteiger partial charge on any atom is -0.496 e. The second-order valence-electron chi connectivity index (χ2n) is 7.36. The summed E-state index contributed by atoms with van der Waals surface area (Å²) in [5.41, 5.74) is 1.05. The monoisotopic (exact) mass is 447 g/mol. The molecule has 1 saturated heterocycles. The molecule has 1 fully saturated rings. The number of rotatable bonds is 7. The average Bonchev–Trinajstić information content (AvgIpc) is 2.82. The number of carbonyl (C=O) groups is 2. The lowest BCUT2D eigenvalue weighted by molar-refractivity contribution is -0.0757. The number of nitrogens with zero attached hydrogens (tertiary/aromatic N) is 3. The summed E-state index contributed by atoms with van der Waals surface area (Å²) in [4.78, 5) is 34.1. The molecular formula is C22H26FN3O6. The Morgan fingerprint density at radius 3 is 2.59 bits per heavy atom. The maximum Gasteiger partial charge on any atom is 0.407 e. The number of pyridine rings is 1. The molecule has 0 bridgehead atoms. The van der Waals surface area contributed by atoms with Crippen molar-refractivity contribution in [2.45, 2.75) is 25.4 Å². The van der Waals surface area contributed by atoms with Crippen LogP contribution in [0.15, 0.2) is 30.3 Å². The number of benzene rings is 1. The Hall–Kier alpha value is -3.40. The fourth-order valence-electron chi connectivity index (χ4n) is 3.57. The number of halogens is 1. The van der Waals surface area contributed by atoms with E-state index in [-0.39, 0.29) is 29.4 Å². The zero-order chi connectivity index (χ0) is 23.3. The Morgan fingerprint density at radius 2 is 1.97 bits per heavy atom. The zero-order valence-corrected chi connectivity index (χ0v) is 18.2. The standard InChI is InChI=1S/C22H26FN3O6/c1-25(31-3)21(27)15-11-17(23)16(19(12-15)30-2)13-32-20-6-4-5-18(24-20)14-7-9-26(10-8-14)22(28)29/h4-6,11-12,14H,7-10,13H2,1-3H3,(H,28,29). The molecule has 1 N–H and O–H groups in total. The van der Waals surface area contributed by atoms with E-state index >= 15 is 0 Å². The molecule has 10 heteroatoms. The minimum atomic E-state index is -0.911. The molecule has 0 radical (unpaired) electrons. The molecule has 2 amide bonds. The molecule has 1 aliphatic rings. The van der Waals surface area contributed by atoms with Gasteiger partial charge in [0.15, 0.2) is 0 Å². The third-order valence-electron chi connectivity index (χ3n) is 5.47. The molecule has 1 aromatic carbocycles. The molecule has 1 aromatic heterocycles. The van der Waals surface area contributed by atoms with Gasteiger partial charge in [0.25, 0.3) is 5.91 Å². The first-order chi connectivity index (χ1) is 15.3. The highest BCUT2D eigenvalue weighted by molar-refractivity contribution is 5.94. The highest BCUT2D eigenvalue weighted by Crippen LogP contribution is 2.29. The number of methoxy groups -OCH3 is 1. The molecule has 0 saturated carbocycles. The van der Waals surface area contributed by atoms with Crippen LogP contribution in [0.5, 0.6) is 11.6 Å². The Kier molecular flexibility index (Phi) is 7.47. The zero-order valence-electron chi connectivity index (χ0n) is 18.2. The van der Waals surface area contributed by atoms with Crippen molar-refractivity contribution >= 4 is 12.0 Å². The lowest BCUT2D eigenvalue weighted by Gasteiger charge is -2.29. The maximum atomic E-state index is 14.8. The number of aromatic nitrogens is 1. The smallest absolute Gasteiger partial charge is 0.407 e. The van der Waals surface area contributed by atoms with Gasteiger partial charge in [-0.25, -0.2) is 19.2 Å². The highest BCUT2D eigenvalue weighted by atomic mass is 19.1. The van der Waals surface area contributed by atoms with Gasteiger partial charge in [-0.2, -0.15) is 0 Å². The molecule has 2 aromatic rings. The van der Waals surface area contributed by atoms with Gasteiger partial charge in [0.1, 0.15) is 18.2 Å². The highest BCUT2D eigenvalue weighted by Gasteiger charge is 2.24. The van der Waals surface area contributed by atoms with Gasteiger partial charge in [-0.1, -0.05) is 6.07 Å². The molecule has 0 aliphatic carbocycles. The number of hydrogen-bond acceptors (Lipinski definition) is 6. The summed E-state index contributed by atoms with van der Waals surface area (Å²) < 4.78 is 25.7. The normalized spacial score (nSPS) is 14.2. The van der Waals surface area contributed by atoms with E-state index in [0.717, 1.165) is 16.8 Å². The molecule has 172 valence electrons. The van der Waals surface area contributed by atoms with Crippen LogP contribution < -0.4 is 9.47 Å². The summed E-state index contributed by atoms with van der Waals surface area (Å²) in [6.07, 6.45) is 0.443. The average molecular weight is 447 g/mol. The van der Waals surface area contributed by atoms with E-state index in [1.54, 1.807) is 12.1 Å². The first-order valence-corrected chi connectivity index (χ1v) is 10.1. The van der Waals surface area contributed by atoms with Crippen molar-refractivity contribution in [2.75, 3.05) is 34.4 Å². The molecule has 2 heterocycles. The third-order valence-corrected chi connectivity index (χ3v) is 5.47. The van der Waals surface area contributed by atoms with Crippen LogP contribution in [0.4, 0.5) is 9.18 Å². The number of amides is 2. The summed E-state index contributed by atoms with van der Waals surface area (Å²) in [5, 5.41) is 10.1. The molecular weight excluding hydrogens is 421 g/mol. The van der Waals surface area contributed by atoms with Crippen LogP contribution in [0.3, 0.4) is 0 Å². The van der Waals surface area contributed by atoms with Crippen LogP contribution in [0.2, 0.25) is 0 Å². The lowest BCUT2D eigenvalue weighted by Crippen LogP contribution is -2.36. The van der Waals surface area contributed by atoms with Crippen molar-refractivity contribution in [2.24, 2.45) is 0 Å². The number of piperidine rings is 1. The van der Waals surface area contributed by atoms with Crippen molar-refractivity contribution in [3.8, 4) is 11.6 Å². The van der Waals surface area contributed by atoms with Gasteiger partial charge >= 0.3 is 6.09 Å². The van der Waals surface area contributed by atoms with Crippen LogP contribution >= 0.6 is 0 Å². The van der Waals surface area contributed by atoms with Gasteiger partial charge in [0.2, 0.25) is 5.88 Å². The van der Waals surface area contributed by atoms with Gasteiger partial charge in [-0.15, -0.1) is 0 Å². The second kappa shape index (κ2) is 10.3. The summed E-state index contributed by atoms with van der Waals surface area (Å²) in [6, 6.07) is 7.89. The summed E-state index contributed by atoms with van der Waals surface area (Å²) in [5.74, 6) is -0.530. The molecule has 1 aliphatic heterocycles. The van der Waals surface area contributed by atoms with Gasteiger partial charge in [-0.05, 0) is 31.0 Å². The minimum absolute atomic E-state index is 0.0836. The molecule has 0 unspecified atom stereocenters. The molecule has 9 nitrogen and oxygen atoms in total. The molecule has 0 atom stereocenters. The Balaban J connectivity index is 1.71. The Morgan fingerprint density at radius 1 is 1.25 bits per heavy atom. The fourth-order valence-corrected chi connectivity index (χ4v) is 3.57. The van der Waals surface area contributed by atoms with Crippen molar-refractivity contribution in [1.29, 1.82) is 0 Å². The number of ether oxygens (including phenoxy) is 2. The van der Waals surface area contributed by atoms with Crippen LogP contribution in [-0.2, 0) is 11.4 Å². The summed E-state index contributed by atoms with van der Waals surface area (Å²) in [7, 11) is 4.15. The van der Waals surface area contributed by atoms with Gasteiger partial charge in [-0.3, -0.25) is 9.63 Å². The quantitative estimate of drug-likeness (QED) is 0.650. The maximum absolute atomic E-state index is 14.8. The van der Waals surface area contributed by atoms with Crippen molar-refractivity contribution in [3.05, 3.63) is 53.0 Å². The SMILES string of the molecule is COc1cc(C(=O)N(C)OC)cc(F)c1COc1cccc(C2CCN(C(=O)O)CC2)n1. The topological polar surface area (TPSA) is 101 Å². The lowest BCUT2D eigenvalue weighted by atomic mass is 9.93. The van der Waals surface area contributed by atoms with Crippen LogP contribution in [0.25, 0.3) is 0 Å². The van der Waals surface area contributed by atoms with E-state index in [2.05, 4.69) is 4.98 Å². The predicted molar refractivity (Wildman–Crippen MR) is 112 cm³/mol. The van der Waals surface area contributed by atoms with Crippen LogP contribution in [0.1, 0.15) is 40.4 Å². The predicted octanol–water partition coefficient (Wildman–Crippen LogP) is 3.30. The molecule has 3 rings (SSSR count). The van der Waals surface area contributed by atoms with Gasteiger partial charge in [0.05, 0.1) is 19.8 Å².